The summed E-state index contributed by atoms with van der Waals surface area (Å²) in [5, 5.41) is 0. The summed E-state index contributed by atoms with van der Waals surface area (Å²) in [4.78, 5) is 34.4. The summed E-state index contributed by atoms with van der Waals surface area (Å²) in [7, 11) is 0. The predicted octanol–water partition coefficient (Wildman–Crippen LogP) is 1.90. The topological polar surface area (TPSA) is 60.4 Å². The Kier molecular flexibility index (Phi) is 5.32. The molecule has 0 amide bonds. The zero-order valence-electron chi connectivity index (χ0n) is 10.5. The van der Waals surface area contributed by atoms with Gasteiger partial charge < -0.3 is 9.53 Å². The quantitative estimate of drug-likeness (QED) is 0.689. The van der Waals surface area contributed by atoms with E-state index in [9.17, 15) is 14.4 Å². The second-order valence-electron chi connectivity index (χ2n) is 4.64. The fourth-order valence-corrected chi connectivity index (χ4v) is 2.40. The molecule has 0 aromatic heterocycles. The molecule has 0 aromatic rings. The summed E-state index contributed by atoms with van der Waals surface area (Å²) in [6.45, 7) is 3.60. The summed E-state index contributed by atoms with van der Waals surface area (Å²) < 4.78 is 4.85. The number of esters is 1. The van der Waals surface area contributed by atoms with Crippen LogP contribution in [-0.2, 0) is 19.1 Å². The summed E-state index contributed by atoms with van der Waals surface area (Å²) >= 11 is 0. The molecule has 1 saturated carbocycles. The minimum atomic E-state index is -0.311. The number of carbonyl (C=O) groups excluding carboxylic acids is 3. The van der Waals surface area contributed by atoms with Gasteiger partial charge in [-0.15, -0.1) is 0 Å². The lowest BCUT2D eigenvalue weighted by molar-refractivity contribution is -0.147. The van der Waals surface area contributed by atoms with E-state index in [0.29, 0.717) is 13.0 Å². The number of rotatable bonds is 5. The third-order valence-electron chi connectivity index (χ3n) is 3.16. The van der Waals surface area contributed by atoms with Gasteiger partial charge in [0, 0.05) is 18.3 Å². The molecule has 0 aromatic carbocycles. The predicted molar refractivity (Wildman–Crippen MR) is 62.4 cm³/mol. The molecule has 1 aliphatic carbocycles. The largest absolute Gasteiger partial charge is 0.466 e. The molecule has 1 rings (SSSR count). The lowest BCUT2D eigenvalue weighted by Gasteiger charge is -2.26. The standard InChI is InChI=1S/C13H20O4/c1-3-17-12(15)8-11-6-4-5-10(13(11)16)7-9(2)14/h10-11H,3-8H2,1-2H3/t10-,11+/m0/s1. The van der Waals surface area contributed by atoms with Gasteiger partial charge in [-0.2, -0.15) is 0 Å². The minimum absolute atomic E-state index is 0.0418. The Morgan fingerprint density at radius 1 is 1.24 bits per heavy atom. The van der Waals surface area contributed by atoms with Gasteiger partial charge in [0.15, 0.2) is 0 Å². The molecule has 17 heavy (non-hydrogen) atoms. The van der Waals surface area contributed by atoms with Crippen molar-refractivity contribution in [2.24, 2.45) is 11.8 Å². The maximum Gasteiger partial charge on any atom is 0.306 e. The summed E-state index contributed by atoms with van der Waals surface area (Å²) in [5.41, 5.74) is 0. The molecule has 0 saturated heterocycles. The van der Waals surface area contributed by atoms with Crippen molar-refractivity contribution in [1.29, 1.82) is 0 Å². The molecule has 2 atom stereocenters. The molecule has 0 N–H and O–H groups in total. The molecule has 4 nitrogen and oxygen atoms in total. The summed E-state index contributed by atoms with van der Waals surface area (Å²) in [6.07, 6.45) is 2.91. The zero-order chi connectivity index (χ0) is 12.8. The van der Waals surface area contributed by atoms with Crippen LogP contribution in [0.15, 0.2) is 0 Å². The smallest absolute Gasteiger partial charge is 0.306 e. The first-order valence-electron chi connectivity index (χ1n) is 6.23. The van der Waals surface area contributed by atoms with Gasteiger partial charge >= 0.3 is 5.97 Å². The molecule has 0 aliphatic heterocycles. The van der Waals surface area contributed by atoms with Crippen molar-refractivity contribution in [3.8, 4) is 0 Å². The van der Waals surface area contributed by atoms with E-state index in [2.05, 4.69) is 0 Å². The highest BCUT2D eigenvalue weighted by molar-refractivity contribution is 5.91. The maximum atomic E-state index is 12.0. The van der Waals surface area contributed by atoms with Crippen LogP contribution in [0.5, 0.6) is 0 Å². The first-order valence-corrected chi connectivity index (χ1v) is 6.23. The lowest BCUT2D eigenvalue weighted by Crippen LogP contribution is -2.31. The van der Waals surface area contributed by atoms with Gasteiger partial charge in [-0.1, -0.05) is 6.42 Å². The van der Waals surface area contributed by atoms with Gasteiger partial charge in [0.1, 0.15) is 11.6 Å². The van der Waals surface area contributed by atoms with Gasteiger partial charge in [0.2, 0.25) is 0 Å². The number of carbonyl (C=O) groups is 3. The molecular weight excluding hydrogens is 220 g/mol. The fraction of sp³-hybridized carbons (Fsp3) is 0.769. The Labute approximate surface area is 102 Å². The van der Waals surface area contributed by atoms with E-state index in [0.717, 1.165) is 19.3 Å². The van der Waals surface area contributed by atoms with Crippen molar-refractivity contribution in [2.75, 3.05) is 6.61 Å². The summed E-state index contributed by atoms with van der Waals surface area (Å²) in [6, 6.07) is 0. The minimum Gasteiger partial charge on any atom is -0.466 e. The van der Waals surface area contributed by atoms with E-state index in [1.54, 1.807) is 6.92 Å². The number of ketones is 2. The average Bonchev–Trinajstić information content (AvgIpc) is 2.23. The molecule has 4 heteroatoms. The molecule has 0 heterocycles. The molecule has 0 spiro atoms. The van der Waals surface area contributed by atoms with Crippen LogP contribution < -0.4 is 0 Å². The van der Waals surface area contributed by atoms with E-state index in [-0.39, 0.29) is 35.8 Å². The molecule has 0 radical (unpaired) electrons. The van der Waals surface area contributed by atoms with Crippen LogP contribution in [0.25, 0.3) is 0 Å². The SMILES string of the molecule is CCOC(=O)C[C@H]1CCC[C@@H](CC(C)=O)C1=O. The third-order valence-corrected chi connectivity index (χ3v) is 3.16. The summed E-state index contributed by atoms with van der Waals surface area (Å²) in [5.74, 6) is -0.623. The Balaban J connectivity index is 2.53. The van der Waals surface area contributed by atoms with Crippen LogP contribution in [-0.4, -0.2) is 24.1 Å². The highest BCUT2D eigenvalue weighted by Gasteiger charge is 2.33. The number of Topliss-reactive ketones (excluding diaryl/α,β-unsaturated/α-hetero) is 2. The van der Waals surface area contributed by atoms with Crippen LogP contribution in [0.3, 0.4) is 0 Å². The highest BCUT2D eigenvalue weighted by Crippen LogP contribution is 2.30. The van der Waals surface area contributed by atoms with E-state index < -0.39 is 0 Å². The molecule has 96 valence electrons. The second-order valence-corrected chi connectivity index (χ2v) is 4.64. The van der Waals surface area contributed by atoms with Gasteiger partial charge in [-0.3, -0.25) is 9.59 Å². The van der Waals surface area contributed by atoms with Crippen LogP contribution in [0.1, 0.15) is 46.0 Å². The van der Waals surface area contributed by atoms with Crippen LogP contribution in [0.2, 0.25) is 0 Å². The van der Waals surface area contributed by atoms with Gasteiger partial charge in [-0.05, 0) is 26.7 Å². The highest BCUT2D eigenvalue weighted by atomic mass is 16.5. The number of hydrogen-bond donors (Lipinski definition) is 0. The Morgan fingerprint density at radius 3 is 2.35 bits per heavy atom. The Bertz CT molecular complexity index is 309. The Hall–Kier alpha value is -1.19. The third kappa shape index (κ3) is 4.29. The molecule has 0 unspecified atom stereocenters. The monoisotopic (exact) mass is 240 g/mol. The van der Waals surface area contributed by atoms with E-state index in [1.807, 2.05) is 0 Å². The average molecular weight is 240 g/mol. The molecule has 1 aliphatic rings. The maximum absolute atomic E-state index is 12.0. The molecular formula is C13H20O4. The van der Waals surface area contributed by atoms with Gasteiger partial charge in [0.25, 0.3) is 0 Å². The van der Waals surface area contributed by atoms with Crippen molar-refractivity contribution >= 4 is 17.5 Å². The van der Waals surface area contributed by atoms with Crippen LogP contribution in [0, 0.1) is 11.8 Å². The van der Waals surface area contributed by atoms with E-state index in [1.165, 1.54) is 6.92 Å². The van der Waals surface area contributed by atoms with Gasteiger partial charge in [-0.25, -0.2) is 0 Å². The normalized spacial score (nSPS) is 24.5. The fourth-order valence-electron chi connectivity index (χ4n) is 2.40. The second kappa shape index (κ2) is 6.52. The number of hydrogen-bond acceptors (Lipinski definition) is 4. The van der Waals surface area contributed by atoms with E-state index in [4.69, 9.17) is 4.74 Å². The first kappa shape index (κ1) is 13.9. The van der Waals surface area contributed by atoms with Crippen molar-refractivity contribution in [2.45, 2.75) is 46.0 Å². The van der Waals surface area contributed by atoms with E-state index >= 15 is 0 Å². The van der Waals surface area contributed by atoms with Crippen molar-refractivity contribution < 1.29 is 19.1 Å². The lowest BCUT2D eigenvalue weighted by atomic mass is 9.77. The molecule has 0 bridgehead atoms. The van der Waals surface area contributed by atoms with Crippen molar-refractivity contribution in [3.05, 3.63) is 0 Å². The van der Waals surface area contributed by atoms with Crippen molar-refractivity contribution in [3.63, 3.8) is 0 Å². The zero-order valence-corrected chi connectivity index (χ0v) is 10.5. The van der Waals surface area contributed by atoms with Crippen LogP contribution >= 0.6 is 0 Å². The van der Waals surface area contributed by atoms with Crippen molar-refractivity contribution in [1.82, 2.24) is 0 Å². The first-order chi connectivity index (χ1) is 8.04. The van der Waals surface area contributed by atoms with Crippen LogP contribution in [0.4, 0.5) is 0 Å². The Morgan fingerprint density at radius 2 is 1.82 bits per heavy atom. The molecule has 1 fully saturated rings. The number of ether oxygens (including phenoxy) is 1. The van der Waals surface area contributed by atoms with Gasteiger partial charge in [0.05, 0.1) is 13.0 Å².